The maximum Gasteiger partial charge on any atom is 0.248 e. The normalized spacial score (nSPS) is 10.4. The second kappa shape index (κ2) is 6.37. The quantitative estimate of drug-likeness (QED) is 0.490. The highest BCUT2D eigenvalue weighted by molar-refractivity contribution is 5.86. The number of nitrogens with zero attached hydrogens (tertiary/aromatic N) is 3. The summed E-state index contributed by atoms with van der Waals surface area (Å²) >= 11 is 0. The van der Waals surface area contributed by atoms with E-state index in [1.54, 1.807) is 13.2 Å². The van der Waals surface area contributed by atoms with Crippen LogP contribution in [0, 0.1) is 6.92 Å². The number of aromatic nitrogens is 5. The molecule has 0 fully saturated rings. The van der Waals surface area contributed by atoms with Gasteiger partial charge in [-0.1, -0.05) is 12.1 Å². The van der Waals surface area contributed by atoms with Gasteiger partial charge in [0.2, 0.25) is 5.56 Å². The minimum Gasteiger partial charge on any atom is -0.495 e. The minimum absolute atomic E-state index is 0.0977. The standard InChI is InChI=1S/C11H11NO2.C5H5N5/c1-7-6-10(13)12-11-8(7)4-3-5-9(11)14-2;6-4-3-5(9-1-7-3)10-2-8-4/h3-6H,1-2H3,(H,12,13);1-2H,(H3,6,7,8,9,10). The third kappa shape index (κ3) is 2.89. The van der Waals surface area contributed by atoms with Gasteiger partial charge in [0.25, 0.3) is 0 Å². The number of aryl methyl sites for hydroxylation is 1. The summed E-state index contributed by atoms with van der Waals surface area (Å²) in [6.07, 6.45) is 2.92. The van der Waals surface area contributed by atoms with Crippen molar-refractivity contribution in [2.24, 2.45) is 0 Å². The lowest BCUT2D eigenvalue weighted by atomic mass is 10.1. The fraction of sp³-hybridized carbons (Fsp3) is 0.125. The molecule has 0 aliphatic rings. The third-order valence-corrected chi connectivity index (χ3v) is 3.52. The molecule has 1 aromatic carbocycles. The van der Waals surface area contributed by atoms with Gasteiger partial charge >= 0.3 is 0 Å². The summed E-state index contributed by atoms with van der Waals surface area (Å²) < 4.78 is 5.17. The number of aromatic amines is 2. The van der Waals surface area contributed by atoms with Crippen molar-refractivity contribution in [2.75, 3.05) is 12.8 Å². The van der Waals surface area contributed by atoms with E-state index in [-0.39, 0.29) is 5.56 Å². The Labute approximate surface area is 136 Å². The van der Waals surface area contributed by atoms with E-state index in [9.17, 15) is 4.79 Å². The minimum atomic E-state index is -0.0977. The van der Waals surface area contributed by atoms with Crippen molar-refractivity contribution >= 4 is 27.9 Å². The number of para-hydroxylation sites is 1. The number of nitrogens with two attached hydrogens (primary N) is 1. The number of benzene rings is 1. The number of rotatable bonds is 1. The molecule has 4 aromatic rings. The molecule has 0 radical (unpaired) electrons. The highest BCUT2D eigenvalue weighted by atomic mass is 16.5. The largest absolute Gasteiger partial charge is 0.495 e. The molecule has 8 heteroatoms. The zero-order valence-corrected chi connectivity index (χ0v) is 13.2. The second-order valence-corrected chi connectivity index (χ2v) is 5.06. The summed E-state index contributed by atoms with van der Waals surface area (Å²) in [4.78, 5) is 28.4. The first-order valence-corrected chi connectivity index (χ1v) is 7.16. The van der Waals surface area contributed by atoms with E-state index in [1.807, 2.05) is 25.1 Å². The Hall–Kier alpha value is -3.42. The van der Waals surface area contributed by atoms with Crippen molar-refractivity contribution in [3.63, 3.8) is 0 Å². The molecule has 0 aliphatic heterocycles. The van der Waals surface area contributed by atoms with Crippen LogP contribution < -0.4 is 16.0 Å². The molecule has 0 unspecified atom stereocenters. The van der Waals surface area contributed by atoms with Crippen LogP contribution >= 0.6 is 0 Å². The molecule has 0 atom stereocenters. The number of nitrogen functional groups attached to an aromatic ring is 1. The predicted molar refractivity (Wildman–Crippen MR) is 92.0 cm³/mol. The van der Waals surface area contributed by atoms with E-state index in [0.717, 1.165) is 16.5 Å². The Morgan fingerprint density at radius 2 is 2.00 bits per heavy atom. The molecule has 4 N–H and O–H groups in total. The fourth-order valence-corrected chi connectivity index (χ4v) is 2.38. The fourth-order valence-electron chi connectivity index (χ4n) is 2.38. The maximum atomic E-state index is 11.3. The highest BCUT2D eigenvalue weighted by Crippen LogP contribution is 2.23. The maximum absolute atomic E-state index is 11.3. The average molecular weight is 324 g/mol. The van der Waals surface area contributed by atoms with Crippen LogP contribution in [0.2, 0.25) is 0 Å². The van der Waals surface area contributed by atoms with Gasteiger partial charge in [0.05, 0.1) is 19.0 Å². The Bertz CT molecular complexity index is 1050. The molecule has 0 amide bonds. The molecule has 24 heavy (non-hydrogen) atoms. The molecule has 0 aliphatic carbocycles. The van der Waals surface area contributed by atoms with Gasteiger partial charge in [0.15, 0.2) is 11.5 Å². The van der Waals surface area contributed by atoms with Crippen LogP contribution in [0.4, 0.5) is 5.82 Å². The first-order valence-electron chi connectivity index (χ1n) is 7.16. The van der Waals surface area contributed by atoms with E-state index < -0.39 is 0 Å². The van der Waals surface area contributed by atoms with E-state index in [4.69, 9.17) is 10.5 Å². The first kappa shape index (κ1) is 15.5. The second-order valence-electron chi connectivity index (χ2n) is 5.06. The lowest BCUT2D eigenvalue weighted by Gasteiger charge is -2.05. The molecule has 4 rings (SSSR count). The molecular formula is C16H16N6O2. The van der Waals surface area contributed by atoms with E-state index in [2.05, 4.69) is 24.9 Å². The smallest absolute Gasteiger partial charge is 0.248 e. The van der Waals surface area contributed by atoms with Crippen molar-refractivity contribution in [3.8, 4) is 5.75 Å². The van der Waals surface area contributed by atoms with Gasteiger partial charge < -0.3 is 20.4 Å². The van der Waals surface area contributed by atoms with Gasteiger partial charge in [-0.05, 0) is 18.6 Å². The monoisotopic (exact) mass is 324 g/mol. The molecular weight excluding hydrogens is 308 g/mol. The van der Waals surface area contributed by atoms with Gasteiger partial charge in [-0.2, -0.15) is 0 Å². The lowest BCUT2D eigenvalue weighted by molar-refractivity contribution is 0.419. The van der Waals surface area contributed by atoms with Crippen molar-refractivity contribution < 1.29 is 4.74 Å². The van der Waals surface area contributed by atoms with Crippen LogP contribution in [0.3, 0.4) is 0 Å². The summed E-state index contributed by atoms with van der Waals surface area (Å²) in [5.41, 5.74) is 8.41. The van der Waals surface area contributed by atoms with Gasteiger partial charge in [0.1, 0.15) is 17.6 Å². The molecule has 3 aromatic heterocycles. The van der Waals surface area contributed by atoms with Gasteiger partial charge in [-0.3, -0.25) is 4.79 Å². The summed E-state index contributed by atoms with van der Waals surface area (Å²) in [6, 6.07) is 7.29. The number of hydrogen-bond acceptors (Lipinski definition) is 6. The van der Waals surface area contributed by atoms with E-state index >= 15 is 0 Å². The number of pyridine rings is 1. The van der Waals surface area contributed by atoms with Crippen molar-refractivity contribution in [1.82, 2.24) is 24.9 Å². The first-order chi connectivity index (χ1) is 11.6. The van der Waals surface area contributed by atoms with Crippen LogP contribution in [-0.2, 0) is 0 Å². The van der Waals surface area contributed by atoms with Crippen LogP contribution in [-0.4, -0.2) is 32.0 Å². The zero-order chi connectivity index (χ0) is 17.1. The Balaban J connectivity index is 0.000000149. The molecule has 0 bridgehead atoms. The molecule has 122 valence electrons. The van der Waals surface area contributed by atoms with Crippen molar-refractivity contribution in [3.05, 3.63) is 52.8 Å². The van der Waals surface area contributed by atoms with Gasteiger partial charge in [0, 0.05) is 11.5 Å². The number of ether oxygens (including phenoxy) is 1. The van der Waals surface area contributed by atoms with Crippen LogP contribution in [0.1, 0.15) is 5.56 Å². The Morgan fingerprint density at radius 1 is 1.17 bits per heavy atom. The molecule has 3 heterocycles. The summed E-state index contributed by atoms with van der Waals surface area (Å²) in [5.74, 6) is 1.13. The van der Waals surface area contributed by atoms with Crippen molar-refractivity contribution in [2.45, 2.75) is 6.92 Å². The van der Waals surface area contributed by atoms with Crippen LogP contribution in [0.5, 0.6) is 5.75 Å². The Kier molecular flexibility index (Phi) is 4.11. The predicted octanol–water partition coefficient (Wildman–Crippen LogP) is 1.78. The number of nitrogens with one attached hydrogen (secondary N) is 2. The van der Waals surface area contributed by atoms with Crippen molar-refractivity contribution in [1.29, 1.82) is 0 Å². The number of imidazole rings is 1. The number of methoxy groups -OCH3 is 1. The van der Waals surface area contributed by atoms with Crippen LogP contribution in [0.15, 0.2) is 41.7 Å². The molecule has 0 saturated carbocycles. The SMILES string of the molecule is COc1cccc2c(C)cc(=O)[nH]c12.Nc1ncnc2nc[nH]c12. The molecule has 0 spiro atoms. The Morgan fingerprint density at radius 3 is 2.75 bits per heavy atom. The van der Waals surface area contributed by atoms with E-state index in [1.165, 1.54) is 12.7 Å². The topological polar surface area (TPSA) is 123 Å². The average Bonchev–Trinajstić information content (AvgIpc) is 3.05. The highest BCUT2D eigenvalue weighted by Gasteiger charge is 2.03. The summed E-state index contributed by atoms with van der Waals surface area (Å²) in [6.45, 7) is 1.91. The number of fused-ring (bicyclic) bond motifs is 2. The number of anilines is 1. The lowest BCUT2D eigenvalue weighted by Crippen LogP contribution is -2.05. The zero-order valence-electron chi connectivity index (χ0n) is 13.2. The van der Waals surface area contributed by atoms with Crippen LogP contribution in [0.25, 0.3) is 22.1 Å². The number of hydrogen-bond donors (Lipinski definition) is 3. The molecule has 8 nitrogen and oxygen atoms in total. The summed E-state index contributed by atoms with van der Waals surface area (Å²) in [7, 11) is 1.59. The molecule has 0 saturated heterocycles. The van der Waals surface area contributed by atoms with Gasteiger partial charge in [-0.25, -0.2) is 15.0 Å². The number of H-pyrrole nitrogens is 2. The van der Waals surface area contributed by atoms with Gasteiger partial charge in [-0.15, -0.1) is 0 Å². The summed E-state index contributed by atoms with van der Waals surface area (Å²) in [5, 5.41) is 1.02. The third-order valence-electron chi connectivity index (χ3n) is 3.52. The van der Waals surface area contributed by atoms with E-state index in [0.29, 0.717) is 22.7 Å².